The van der Waals surface area contributed by atoms with Gasteiger partial charge in [-0.2, -0.15) is 0 Å². The predicted molar refractivity (Wildman–Crippen MR) is 94.1 cm³/mol. The second kappa shape index (κ2) is 7.74. The third kappa shape index (κ3) is 5.43. The Balaban J connectivity index is 2.83. The number of esters is 1. The average molecular weight is 321 g/mol. The van der Waals surface area contributed by atoms with Gasteiger partial charge in [0.2, 0.25) is 0 Å². The molecule has 4 heteroatoms. The maximum absolute atomic E-state index is 11.4. The maximum atomic E-state index is 11.4. The second-order valence-electron chi connectivity index (χ2n) is 6.83. The minimum absolute atomic E-state index is 0.183. The van der Waals surface area contributed by atoms with Crippen LogP contribution in [0.3, 0.4) is 0 Å². The van der Waals surface area contributed by atoms with Crippen molar-refractivity contribution < 1.29 is 14.0 Å². The molecule has 0 N–H and O–H groups in total. The molecule has 0 aliphatic rings. The zero-order valence-corrected chi connectivity index (χ0v) is 15.6. The molecule has 0 fully saturated rings. The van der Waals surface area contributed by atoms with E-state index in [9.17, 15) is 4.79 Å². The molecule has 0 radical (unpaired) electrons. The van der Waals surface area contributed by atoms with Crippen molar-refractivity contribution in [2.75, 3.05) is 6.61 Å². The molecule has 0 aliphatic carbocycles. The standard InChI is InChI=1S/C18H28O3Si/c1-7-20-17(19)13-12-15-10-8-9-11-16(15)14-21-22(5,6)18(2,3)4/h8-13H,7,14H2,1-6H3. The second-order valence-corrected chi connectivity index (χ2v) is 11.6. The van der Waals surface area contributed by atoms with E-state index in [4.69, 9.17) is 9.16 Å². The zero-order valence-electron chi connectivity index (χ0n) is 14.6. The summed E-state index contributed by atoms with van der Waals surface area (Å²) < 4.78 is 11.2. The Labute approximate surface area is 135 Å². The molecule has 0 saturated carbocycles. The largest absolute Gasteiger partial charge is 0.463 e. The van der Waals surface area contributed by atoms with Crippen molar-refractivity contribution in [2.45, 2.75) is 52.4 Å². The lowest BCUT2D eigenvalue weighted by molar-refractivity contribution is -0.137. The average Bonchev–Trinajstić information content (AvgIpc) is 2.43. The molecular weight excluding hydrogens is 292 g/mol. The van der Waals surface area contributed by atoms with Gasteiger partial charge in [-0.05, 0) is 42.3 Å². The molecule has 122 valence electrons. The Morgan fingerprint density at radius 3 is 2.45 bits per heavy atom. The van der Waals surface area contributed by atoms with E-state index in [1.54, 1.807) is 13.0 Å². The monoisotopic (exact) mass is 320 g/mol. The summed E-state index contributed by atoms with van der Waals surface area (Å²) in [5, 5.41) is 0.183. The summed E-state index contributed by atoms with van der Waals surface area (Å²) in [6, 6.07) is 7.98. The minimum Gasteiger partial charge on any atom is -0.463 e. The summed E-state index contributed by atoms with van der Waals surface area (Å²) in [4.78, 5) is 11.4. The Hall–Kier alpha value is -1.39. The van der Waals surface area contributed by atoms with Gasteiger partial charge in [0.25, 0.3) is 0 Å². The van der Waals surface area contributed by atoms with Crippen LogP contribution in [0.5, 0.6) is 0 Å². The molecule has 3 nitrogen and oxygen atoms in total. The van der Waals surface area contributed by atoms with Crippen LogP contribution in [0.1, 0.15) is 38.8 Å². The first-order valence-electron chi connectivity index (χ1n) is 7.74. The number of carbonyl (C=O) groups is 1. The first kappa shape index (κ1) is 18.7. The van der Waals surface area contributed by atoms with Crippen LogP contribution in [0, 0.1) is 0 Å². The number of hydrogen-bond acceptors (Lipinski definition) is 3. The Bertz CT molecular complexity index is 527. The smallest absolute Gasteiger partial charge is 0.330 e. The number of carbonyl (C=O) groups excluding carboxylic acids is 1. The summed E-state index contributed by atoms with van der Waals surface area (Å²) >= 11 is 0. The van der Waals surface area contributed by atoms with E-state index in [0.29, 0.717) is 13.2 Å². The SMILES string of the molecule is CCOC(=O)C=Cc1ccccc1CO[Si](C)(C)C(C)(C)C. The molecule has 0 heterocycles. The van der Waals surface area contributed by atoms with E-state index in [1.165, 1.54) is 6.08 Å². The van der Waals surface area contributed by atoms with Crippen molar-refractivity contribution in [3.05, 3.63) is 41.5 Å². The molecule has 0 spiro atoms. The summed E-state index contributed by atoms with van der Waals surface area (Å²) in [7, 11) is -1.78. The fourth-order valence-corrected chi connectivity index (χ4v) is 2.60. The molecule has 0 amide bonds. The molecule has 0 bridgehead atoms. The fourth-order valence-electron chi connectivity index (χ4n) is 1.65. The molecule has 0 atom stereocenters. The lowest BCUT2D eigenvalue weighted by atomic mass is 10.1. The van der Waals surface area contributed by atoms with E-state index in [2.05, 4.69) is 33.9 Å². The van der Waals surface area contributed by atoms with Gasteiger partial charge in [-0.3, -0.25) is 0 Å². The quantitative estimate of drug-likeness (QED) is 0.430. The lowest BCUT2D eigenvalue weighted by Gasteiger charge is -2.36. The van der Waals surface area contributed by atoms with Gasteiger partial charge in [-0.1, -0.05) is 45.0 Å². The van der Waals surface area contributed by atoms with E-state index in [-0.39, 0.29) is 11.0 Å². The number of ether oxygens (including phenoxy) is 1. The van der Waals surface area contributed by atoms with Crippen molar-refractivity contribution in [3.8, 4) is 0 Å². The molecule has 0 aliphatic heterocycles. The van der Waals surface area contributed by atoms with Crippen LogP contribution in [0.4, 0.5) is 0 Å². The van der Waals surface area contributed by atoms with Crippen LogP contribution >= 0.6 is 0 Å². The summed E-state index contributed by atoms with van der Waals surface area (Å²) in [5.74, 6) is -0.317. The van der Waals surface area contributed by atoms with Crippen LogP contribution in [-0.4, -0.2) is 20.9 Å². The van der Waals surface area contributed by atoms with Crippen LogP contribution in [0.25, 0.3) is 6.08 Å². The normalized spacial score (nSPS) is 12.6. The highest BCUT2D eigenvalue weighted by Gasteiger charge is 2.37. The van der Waals surface area contributed by atoms with Crippen molar-refractivity contribution in [1.82, 2.24) is 0 Å². The van der Waals surface area contributed by atoms with Gasteiger partial charge in [-0.25, -0.2) is 4.79 Å². The molecular formula is C18H28O3Si. The number of rotatable bonds is 6. The topological polar surface area (TPSA) is 35.5 Å². The fraction of sp³-hybridized carbons (Fsp3) is 0.500. The third-order valence-electron chi connectivity index (χ3n) is 4.14. The van der Waals surface area contributed by atoms with E-state index < -0.39 is 8.32 Å². The van der Waals surface area contributed by atoms with Crippen LogP contribution in [0.15, 0.2) is 30.3 Å². The van der Waals surface area contributed by atoms with Gasteiger partial charge < -0.3 is 9.16 Å². The highest BCUT2D eigenvalue weighted by atomic mass is 28.4. The zero-order chi connectivity index (χ0) is 16.8. The molecule has 0 unspecified atom stereocenters. The Morgan fingerprint density at radius 1 is 1.23 bits per heavy atom. The van der Waals surface area contributed by atoms with E-state index in [0.717, 1.165) is 11.1 Å². The minimum atomic E-state index is -1.78. The van der Waals surface area contributed by atoms with Gasteiger partial charge in [0.15, 0.2) is 8.32 Å². The van der Waals surface area contributed by atoms with Crippen molar-refractivity contribution >= 4 is 20.4 Å². The summed E-state index contributed by atoms with van der Waals surface area (Å²) in [6.07, 6.45) is 3.26. The van der Waals surface area contributed by atoms with Gasteiger partial charge in [0.1, 0.15) is 0 Å². The van der Waals surface area contributed by atoms with Crippen LogP contribution in [0.2, 0.25) is 18.1 Å². The summed E-state index contributed by atoms with van der Waals surface area (Å²) in [5.41, 5.74) is 2.09. The third-order valence-corrected chi connectivity index (χ3v) is 8.61. The van der Waals surface area contributed by atoms with Crippen LogP contribution in [-0.2, 0) is 20.6 Å². The van der Waals surface area contributed by atoms with Gasteiger partial charge >= 0.3 is 5.97 Å². The predicted octanol–water partition coefficient (Wildman–Crippen LogP) is 4.78. The molecule has 1 aromatic rings. The highest BCUT2D eigenvalue weighted by Crippen LogP contribution is 2.37. The molecule has 0 saturated heterocycles. The molecule has 0 aromatic heterocycles. The summed E-state index contributed by atoms with van der Waals surface area (Å²) in [6.45, 7) is 13.9. The first-order valence-corrected chi connectivity index (χ1v) is 10.6. The maximum Gasteiger partial charge on any atom is 0.330 e. The Morgan fingerprint density at radius 2 is 1.86 bits per heavy atom. The van der Waals surface area contributed by atoms with E-state index in [1.807, 2.05) is 24.3 Å². The molecule has 22 heavy (non-hydrogen) atoms. The number of benzene rings is 1. The lowest BCUT2D eigenvalue weighted by Crippen LogP contribution is -2.40. The van der Waals surface area contributed by atoms with Crippen molar-refractivity contribution in [3.63, 3.8) is 0 Å². The van der Waals surface area contributed by atoms with Crippen molar-refractivity contribution in [1.29, 1.82) is 0 Å². The van der Waals surface area contributed by atoms with Crippen molar-refractivity contribution in [2.24, 2.45) is 0 Å². The molecule has 1 aromatic carbocycles. The van der Waals surface area contributed by atoms with Gasteiger partial charge in [-0.15, -0.1) is 0 Å². The van der Waals surface area contributed by atoms with Gasteiger partial charge in [0.05, 0.1) is 13.2 Å². The van der Waals surface area contributed by atoms with Crippen LogP contribution < -0.4 is 0 Å². The van der Waals surface area contributed by atoms with Gasteiger partial charge in [0, 0.05) is 6.08 Å². The highest BCUT2D eigenvalue weighted by molar-refractivity contribution is 6.74. The Kier molecular flexibility index (Phi) is 6.57. The molecule has 1 rings (SSSR count). The van der Waals surface area contributed by atoms with E-state index >= 15 is 0 Å². The number of hydrogen-bond donors (Lipinski definition) is 0. The first-order chi connectivity index (χ1) is 10.2.